The number of rotatable bonds is 3. The molecule has 0 bridgehead atoms. The average Bonchev–Trinajstić information content (AvgIpc) is 2.54. The van der Waals surface area contributed by atoms with Crippen LogP contribution in [0.15, 0.2) is 0 Å². The summed E-state index contributed by atoms with van der Waals surface area (Å²) in [4.78, 5) is 0. The first-order valence-electron chi connectivity index (χ1n) is 7.44. The number of nitrogens with zero attached hydrogens (tertiary/aromatic N) is 3. The van der Waals surface area contributed by atoms with Crippen molar-refractivity contribution in [1.82, 2.24) is 0 Å². The Labute approximate surface area is 135 Å². The summed E-state index contributed by atoms with van der Waals surface area (Å²) in [5, 5.41) is 10.9. The monoisotopic (exact) mass is 323 g/mol. The van der Waals surface area contributed by atoms with Crippen molar-refractivity contribution in [3.05, 3.63) is 23.4 Å². The molecule has 0 aromatic heterocycles. The molecule has 0 N–H and O–H groups in total. The smallest absolute Gasteiger partial charge is 0.668 e. The second kappa shape index (κ2) is 25.6. The largest absolute Gasteiger partial charge is 4.00 e. The Hall–Kier alpha value is 0.763. The van der Waals surface area contributed by atoms with E-state index in [0.29, 0.717) is 13.0 Å². The van der Waals surface area contributed by atoms with E-state index >= 15 is 0 Å². The Morgan fingerprint density at radius 2 is 1.35 bits per heavy atom. The predicted molar refractivity (Wildman–Crippen MR) is 77.6 cm³/mol. The van der Waals surface area contributed by atoms with Gasteiger partial charge in [-0.1, -0.05) is 32.0 Å². The van der Waals surface area contributed by atoms with Gasteiger partial charge >= 0.3 is 26.2 Å². The van der Waals surface area contributed by atoms with E-state index in [1.54, 1.807) is 35.2 Å². The van der Waals surface area contributed by atoms with Gasteiger partial charge in [0, 0.05) is 5.48 Å². The van der Waals surface area contributed by atoms with Crippen LogP contribution in [-0.4, -0.2) is 41.8 Å². The van der Waals surface area contributed by atoms with Crippen LogP contribution in [-0.2, 0) is 26.2 Å². The zero-order chi connectivity index (χ0) is 15.4. The van der Waals surface area contributed by atoms with E-state index in [1.807, 2.05) is 0 Å². The minimum absolute atomic E-state index is 0. The fourth-order valence-electron chi connectivity index (χ4n) is 0.949. The minimum atomic E-state index is -0.704. The Kier molecular flexibility index (Phi) is 23.8. The van der Waals surface area contributed by atoms with Crippen LogP contribution in [0.4, 0.5) is 0 Å². The molecule has 1 fully saturated rings. The Morgan fingerprint density at radius 3 is 1.65 bits per heavy atom. The molecule has 17 heavy (non-hydrogen) atoms. The topological polar surface area (TPSA) is 42.3 Å². The molecule has 4 atom stereocenters. The molecule has 102 valence electrons. The number of hydrogen-bond donors (Lipinski definition) is 0. The van der Waals surface area contributed by atoms with Gasteiger partial charge in [0.1, 0.15) is 0 Å². The summed E-state index contributed by atoms with van der Waals surface area (Å²) in [5.74, 6) is -0.131. The maximum absolute atomic E-state index is 7.67. The van der Waals surface area contributed by atoms with Crippen LogP contribution in [0.2, 0.25) is 0 Å². The van der Waals surface area contributed by atoms with Gasteiger partial charge in [-0.05, 0) is 5.92 Å². The molecule has 0 aromatic rings. The molecule has 4 unspecified atom stereocenters. The third kappa shape index (κ3) is 26.4. The second-order valence-corrected chi connectivity index (χ2v) is 3.16. The minimum Gasteiger partial charge on any atom is -0.668 e. The fraction of sp³-hybridized carbons (Fsp3) is 0.923. The summed E-state index contributed by atoms with van der Waals surface area (Å²) in [6.07, 6.45) is -1.85. The average molecular weight is 325 g/mol. The zero-order valence-electron chi connectivity index (χ0n) is 16.1. The van der Waals surface area contributed by atoms with Crippen molar-refractivity contribution in [3.8, 4) is 0 Å². The van der Waals surface area contributed by atoms with Gasteiger partial charge < -0.3 is 23.4 Å². The predicted octanol–water partition coefficient (Wildman–Crippen LogP) is 4.26. The van der Waals surface area contributed by atoms with E-state index in [2.05, 4.69) is 16.0 Å². The van der Waals surface area contributed by atoms with E-state index in [1.165, 1.54) is 0 Å². The molecule has 4 heteroatoms. The molecule has 3 nitrogen and oxygen atoms in total. The second-order valence-electron chi connectivity index (χ2n) is 3.16. The molecule has 0 spiro atoms. The van der Waals surface area contributed by atoms with Gasteiger partial charge in [-0.25, -0.2) is 0 Å². The van der Waals surface area contributed by atoms with E-state index in [0.717, 1.165) is 0 Å². The first kappa shape index (κ1) is 15.8. The molecule has 1 aliphatic rings. The van der Waals surface area contributed by atoms with Crippen LogP contribution < -0.4 is 0 Å². The van der Waals surface area contributed by atoms with Gasteiger partial charge in [0.25, 0.3) is 0 Å². The van der Waals surface area contributed by atoms with E-state index in [-0.39, 0.29) is 39.5 Å². The van der Waals surface area contributed by atoms with Gasteiger partial charge in [0.05, 0.1) is 0 Å². The SMILES string of the molecule is C[N-]C.C[N-]C.[2H]C1C([2H])C([2H])C(CC[N-]C)C1[2H].[CH3-].[Zr+4]. The molecule has 1 saturated carbocycles. The van der Waals surface area contributed by atoms with Crippen LogP contribution >= 0.6 is 0 Å². The Balaban J connectivity index is -0.000000157. The summed E-state index contributed by atoms with van der Waals surface area (Å²) in [5.41, 5.74) is 0. The van der Waals surface area contributed by atoms with Crippen molar-refractivity contribution in [2.45, 2.75) is 32.0 Å². The molecule has 1 rings (SSSR count). The molecule has 0 amide bonds. The molecular weight excluding hydrogens is 289 g/mol. The van der Waals surface area contributed by atoms with Gasteiger partial charge in [-0.2, -0.15) is 35.2 Å². The molecule has 0 aliphatic heterocycles. The molecule has 0 heterocycles. The maximum atomic E-state index is 7.67. The first-order valence-corrected chi connectivity index (χ1v) is 5.13. The molecule has 0 radical (unpaired) electrons. The fourth-order valence-corrected chi connectivity index (χ4v) is 0.949. The molecule has 0 saturated heterocycles. The van der Waals surface area contributed by atoms with Gasteiger partial charge in [-0.3, -0.25) is 0 Å². The maximum Gasteiger partial charge on any atom is 4.00 e. The summed E-state index contributed by atoms with van der Waals surface area (Å²) < 4.78 is 30.4. The summed E-state index contributed by atoms with van der Waals surface area (Å²) in [6, 6.07) is 0. The first-order chi connectivity index (χ1) is 8.92. The van der Waals surface area contributed by atoms with Crippen molar-refractivity contribution >= 4 is 0 Å². The normalized spacial score (nSPS) is 37.1. The standard InChI is InChI=1S/C8H16N.2C2H6N.CH3.Zr/c1-9-7-6-8-4-2-3-5-8;2*1-3-2;;/h8H,2-7H2,1H3;2*1-2H3;1H3;/q4*-1;+4/i2D,3D,4D,5D;;;;. The van der Waals surface area contributed by atoms with Crippen LogP contribution in [0.1, 0.15) is 37.5 Å². The van der Waals surface area contributed by atoms with Gasteiger partial charge in [0.15, 0.2) is 0 Å². The molecular formula is C13H31N3Zr. The van der Waals surface area contributed by atoms with Crippen LogP contribution in [0.25, 0.3) is 16.0 Å². The summed E-state index contributed by atoms with van der Waals surface area (Å²) in [7, 11) is 8.71. The molecule has 0 aromatic carbocycles. The van der Waals surface area contributed by atoms with Gasteiger partial charge in [0.2, 0.25) is 0 Å². The third-order valence-electron chi connectivity index (χ3n) is 1.51. The Bertz CT molecular complexity index is 188. The number of hydrogen-bond acceptors (Lipinski definition) is 0. The third-order valence-corrected chi connectivity index (χ3v) is 1.51. The summed E-state index contributed by atoms with van der Waals surface area (Å²) >= 11 is 0. The van der Waals surface area contributed by atoms with E-state index < -0.39 is 25.6 Å². The van der Waals surface area contributed by atoms with Crippen molar-refractivity contribution < 1.29 is 31.7 Å². The summed E-state index contributed by atoms with van der Waals surface area (Å²) in [6.45, 7) is 0.648. The van der Waals surface area contributed by atoms with Crippen molar-refractivity contribution in [2.75, 3.05) is 41.8 Å². The Morgan fingerprint density at radius 1 is 1.00 bits per heavy atom. The zero-order valence-corrected chi connectivity index (χ0v) is 14.6. The van der Waals surface area contributed by atoms with Crippen molar-refractivity contribution in [2.24, 2.45) is 5.92 Å². The van der Waals surface area contributed by atoms with E-state index in [4.69, 9.17) is 5.48 Å². The van der Waals surface area contributed by atoms with Crippen LogP contribution in [0.5, 0.6) is 0 Å². The van der Waals surface area contributed by atoms with Crippen molar-refractivity contribution in [3.63, 3.8) is 0 Å². The van der Waals surface area contributed by atoms with Crippen LogP contribution in [0, 0.1) is 13.3 Å². The van der Waals surface area contributed by atoms with Crippen molar-refractivity contribution in [1.29, 1.82) is 0 Å². The molecule has 1 aliphatic carbocycles. The van der Waals surface area contributed by atoms with Gasteiger partial charge in [-0.15, -0.1) is 6.54 Å². The quantitative estimate of drug-likeness (QED) is 0.696. The van der Waals surface area contributed by atoms with Crippen LogP contribution in [0.3, 0.4) is 0 Å². The van der Waals surface area contributed by atoms with E-state index in [9.17, 15) is 0 Å².